The van der Waals surface area contributed by atoms with E-state index in [2.05, 4.69) is 5.32 Å². The van der Waals surface area contributed by atoms with Gasteiger partial charge in [0.2, 0.25) is 5.91 Å². The van der Waals surface area contributed by atoms with E-state index in [-0.39, 0.29) is 11.7 Å². The van der Waals surface area contributed by atoms with E-state index in [4.69, 9.17) is 9.47 Å². The predicted molar refractivity (Wildman–Crippen MR) is 81.5 cm³/mol. The Morgan fingerprint density at radius 1 is 1.09 bits per heavy atom. The van der Waals surface area contributed by atoms with Crippen molar-refractivity contribution in [2.45, 2.75) is 0 Å². The Kier molecular flexibility index (Phi) is 4.05. The fraction of sp³-hybridized carbons (Fsp3) is 0.118. The van der Waals surface area contributed by atoms with Gasteiger partial charge in [-0.2, -0.15) is 0 Å². The molecule has 1 heterocycles. The minimum atomic E-state index is -0.339. The maximum Gasteiger partial charge on any atom is 0.248 e. The molecule has 0 unspecified atom stereocenters. The van der Waals surface area contributed by atoms with Crippen LogP contribution in [0.1, 0.15) is 5.56 Å². The molecule has 1 aliphatic rings. The van der Waals surface area contributed by atoms with Crippen molar-refractivity contribution in [3.63, 3.8) is 0 Å². The standard InChI is InChI=1S/C17H14FNO3/c18-13-3-1-2-12(10-13)4-7-17(20)19-14-5-6-15-16(11-14)22-9-8-21-15/h1-7,10-11H,8-9H2,(H,19,20). The van der Waals surface area contributed by atoms with Gasteiger partial charge in [0, 0.05) is 17.8 Å². The number of hydrogen-bond donors (Lipinski definition) is 1. The molecule has 0 aliphatic carbocycles. The average molecular weight is 299 g/mol. The van der Waals surface area contributed by atoms with Crippen LogP contribution in [0.2, 0.25) is 0 Å². The molecule has 0 atom stereocenters. The Balaban J connectivity index is 1.66. The van der Waals surface area contributed by atoms with Crippen molar-refractivity contribution in [2.24, 2.45) is 0 Å². The van der Waals surface area contributed by atoms with E-state index in [0.717, 1.165) is 0 Å². The third-order valence-corrected chi connectivity index (χ3v) is 3.09. The van der Waals surface area contributed by atoms with Crippen molar-refractivity contribution in [3.05, 3.63) is 59.9 Å². The summed E-state index contributed by atoms with van der Waals surface area (Å²) in [7, 11) is 0. The lowest BCUT2D eigenvalue weighted by Crippen LogP contribution is -2.16. The highest BCUT2D eigenvalue weighted by Gasteiger charge is 2.12. The first-order valence-corrected chi connectivity index (χ1v) is 6.85. The zero-order valence-corrected chi connectivity index (χ0v) is 11.7. The van der Waals surface area contributed by atoms with Gasteiger partial charge in [0.25, 0.3) is 0 Å². The zero-order valence-electron chi connectivity index (χ0n) is 11.7. The normalized spacial score (nSPS) is 13.1. The Morgan fingerprint density at radius 3 is 2.73 bits per heavy atom. The fourth-order valence-corrected chi connectivity index (χ4v) is 2.09. The lowest BCUT2D eigenvalue weighted by Gasteiger charge is -2.18. The van der Waals surface area contributed by atoms with Crippen molar-refractivity contribution in [1.29, 1.82) is 0 Å². The van der Waals surface area contributed by atoms with Gasteiger partial charge in [0.15, 0.2) is 11.5 Å². The number of anilines is 1. The van der Waals surface area contributed by atoms with Crippen LogP contribution in [0, 0.1) is 5.82 Å². The molecule has 0 bridgehead atoms. The molecule has 1 N–H and O–H groups in total. The Morgan fingerprint density at radius 2 is 1.91 bits per heavy atom. The number of halogens is 1. The summed E-state index contributed by atoms with van der Waals surface area (Å²) in [5.41, 5.74) is 1.23. The lowest BCUT2D eigenvalue weighted by atomic mass is 10.2. The van der Waals surface area contributed by atoms with E-state index in [0.29, 0.717) is 36.0 Å². The highest BCUT2D eigenvalue weighted by Crippen LogP contribution is 2.32. The fourth-order valence-electron chi connectivity index (χ4n) is 2.09. The molecule has 3 rings (SSSR count). The molecule has 2 aromatic rings. The lowest BCUT2D eigenvalue weighted by molar-refractivity contribution is -0.111. The van der Waals surface area contributed by atoms with Crippen LogP contribution in [0.3, 0.4) is 0 Å². The second-order valence-electron chi connectivity index (χ2n) is 4.74. The molecule has 5 heteroatoms. The Labute approximate surface area is 127 Å². The minimum Gasteiger partial charge on any atom is -0.486 e. The van der Waals surface area contributed by atoms with Crippen LogP contribution in [0.5, 0.6) is 11.5 Å². The van der Waals surface area contributed by atoms with Crippen molar-refractivity contribution in [2.75, 3.05) is 18.5 Å². The highest BCUT2D eigenvalue weighted by atomic mass is 19.1. The molecule has 0 radical (unpaired) electrons. The Bertz CT molecular complexity index is 728. The first kappa shape index (κ1) is 14.1. The number of carbonyl (C=O) groups excluding carboxylic acids is 1. The van der Waals surface area contributed by atoms with Gasteiger partial charge in [-0.05, 0) is 35.9 Å². The molecule has 0 fully saturated rings. The quantitative estimate of drug-likeness (QED) is 0.885. The van der Waals surface area contributed by atoms with Gasteiger partial charge < -0.3 is 14.8 Å². The predicted octanol–water partition coefficient (Wildman–Crippen LogP) is 3.25. The summed E-state index contributed by atoms with van der Waals surface area (Å²) >= 11 is 0. The van der Waals surface area contributed by atoms with Crippen molar-refractivity contribution >= 4 is 17.7 Å². The van der Waals surface area contributed by atoms with Crippen molar-refractivity contribution in [1.82, 2.24) is 0 Å². The van der Waals surface area contributed by atoms with Crippen LogP contribution in [-0.2, 0) is 4.79 Å². The first-order chi connectivity index (χ1) is 10.7. The minimum absolute atomic E-state index is 0.305. The summed E-state index contributed by atoms with van der Waals surface area (Å²) in [6, 6.07) is 11.2. The van der Waals surface area contributed by atoms with E-state index < -0.39 is 0 Å². The summed E-state index contributed by atoms with van der Waals surface area (Å²) in [4.78, 5) is 11.9. The average Bonchev–Trinajstić information content (AvgIpc) is 2.53. The highest BCUT2D eigenvalue weighted by molar-refractivity contribution is 6.02. The number of benzene rings is 2. The molecule has 0 aromatic heterocycles. The van der Waals surface area contributed by atoms with Gasteiger partial charge >= 0.3 is 0 Å². The van der Waals surface area contributed by atoms with E-state index in [1.807, 2.05) is 0 Å². The first-order valence-electron chi connectivity index (χ1n) is 6.85. The maximum atomic E-state index is 13.0. The number of carbonyl (C=O) groups is 1. The smallest absolute Gasteiger partial charge is 0.248 e. The van der Waals surface area contributed by atoms with Crippen LogP contribution >= 0.6 is 0 Å². The van der Waals surface area contributed by atoms with Gasteiger partial charge in [-0.25, -0.2) is 4.39 Å². The van der Waals surface area contributed by atoms with Gasteiger partial charge in [-0.15, -0.1) is 0 Å². The number of ether oxygens (including phenoxy) is 2. The third-order valence-electron chi connectivity index (χ3n) is 3.09. The van der Waals surface area contributed by atoms with Gasteiger partial charge in [-0.3, -0.25) is 4.79 Å². The largest absolute Gasteiger partial charge is 0.486 e. The van der Waals surface area contributed by atoms with Crippen molar-refractivity contribution in [3.8, 4) is 11.5 Å². The Hall–Kier alpha value is -2.82. The third kappa shape index (κ3) is 3.44. The zero-order chi connectivity index (χ0) is 15.4. The topological polar surface area (TPSA) is 47.6 Å². The van der Waals surface area contributed by atoms with E-state index >= 15 is 0 Å². The molecular formula is C17H14FNO3. The molecule has 0 spiro atoms. The molecule has 0 saturated heterocycles. The molecule has 2 aromatic carbocycles. The molecule has 4 nitrogen and oxygen atoms in total. The van der Waals surface area contributed by atoms with Crippen molar-refractivity contribution < 1.29 is 18.7 Å². The number of hydrogen-bond acceptors (Lipinski definition) is 3. The van der Waals surface area contributed by atoms with E-state index in [9.17, 15) is 9.18 Å². The molecule has 22 heavy (non-hydrogen) atoms. The summed E-state index contributed by atoms with van der Waals surface area (Å²) in [5, 5.41) is 2.72. The van der Waals surface area contributed by atoms with Gasteiger partial charge in [0.05, 0.1) is 0 Å². The summed E-state index contributed by atoms with van der Waals surface area (Å²) in [6.45, 7) is 1.01. The van der Waals surface area contributed by atoms with Crippen LogP contribution < -0.4 is 14.8 Å². The van der Waals surface area contributed by atoms with Crippen LogP contribution in [-0.4, -0.2) is 19.1 Å². The number of fused-ring (bicyclic) bond motifs is 1. The maximum absolute atomic E-state index is 13.0. The van der Waals surface area contributed by atoms with Crippen LogP contribution in [0.4, 0.5) is 10.1 Å². The number of nitrogens with one attached hydrogen (secondary N) is 1. The van der Waals surface area contributed by atoms with Gasteiger partial charge in [-0.1, -0.05) is 12.1 Å². The summed E-state index contributed by atoms with van der Waals surface area (Å²) < 4.78 is 23.9. The molecule has 1 amide bonds. The monoisotopic (exact) mass is 299 g/mol. The second-order valence-corrected chi connectivity index (χ2v) is 4.74. The van der Waals surface area contributed by atoms with Gasteiger partial charge in [0.1, 0.15) is 19.0 Å². The molecule has 0 saturated carbocycles. The molecular weight excluding hydrogens is 285 g/mol. The molecule has 112 valence electrons. The van der Waals surface area contributed by atoms with Crippen LogP contribution in [0.15, 0.2) is 48.5 Å². The SMILES string of the molecule is O=C(C=Cc1cccc(F)c1)Nc1ccc2c(c1)OCCO2. The summed E-state index contributed by atoms with van der Waals surface area (Å²) in [6.07, 6.45) is 2.90. The van der Waals surface area contributed by atoms with Crippen LogP contribution in [0.25, 0.3) is 6.08 Å². The summed E-state index contributed by atoms with van der Waals surface area (Å²) in [5.74, 6) is 0.632. The molecule has 1 aliphatic heterocycles. The van der Waals surface area contributed by atoms with E-state index in [1.165, 1.54) is 18.2 Å². The number of amides is 1. The van der Waals surface area contributed by atoms with E-state index in [1.54, 1.807) is 36.4 Å². The number of rotatable bonds is 3. The second kappa shape index (κ2) is 6.30.